The third kappa shape index (κ3) is 3.69. The Labute approximate surface area is 289 Å². The average molecular weight is 639 g/mol. The Hall–Kier alpha value is -6.58. The summed E-state index contributed by atoms with van der Waals surface area (Å²) in [6.07, 6.45) is 5.00. The van der Waals surface area contributed by atoms with E-state index in [0.717, 1.165) is 46.1 Å². The first-order valence-electron chi connectivity index (χ1n) is 17.2. The molecule has 0 bridgehead atoms. The van der Waals surface area contributed by atoms with Crippen molar-refractivity contribution in [3.8, 4) is 39.4 Å². The Bertz CT molecular complexity index is 2910. The fraction of sp³-hybridized carbons (Fsp3) is 0.0213. The molecule has 1 aliphatic carbocycles. The summed E-state index contributed by atoms with van der Waals surface area (Å²) < 4.78 is 11.2. The van der Waals surface area contributed by atoms with E-state index in [9.17, 15) is 0 Å². The highest BCUT2D eigenvalue weighted by molar-refractivity contribution is 6.24. The van der Waals surface area contributed by atoms with Crippen LogP contribution in [0.5, 0.6) is 5.75 Å². The fourth-order valence-electron chi connectivity index (χ4n) is 8.64. The summed E-state index contributed by atoms with van der Waals surface area (Å²) in [6.45, 7) is 4.40. The summed E-state index contributed by atoms with van der Waals surface area (Å²) in [5, 5.41) is 6.27. The molecular weight excluding hydrogens is 609 g/mol. The number of ether oxygens (including phenoxy) is 1. The number of fused-ring (bicyclic) bond motifs is 9. The van der Waals surface area contributed by atoms with Gasteiger partial charge in [0.15, 0.2) is 0 Å². The van der Waals surface area contributed by atoms with Gasteiger partial charge in [-0.1, -0.05) is 110 Å². The maximum absolute atomic E-state index is 6.41. The first-order valence-corrected chi connectivity index (χ1v) is 17.2. The third-order valence-electron chi connectivity index (χ3n) is 10.7. The van der Waals surface area contributed by atoms with Crippen LogP contribution in [0.3, 0.4) is 0 Å². The van der Waals surface area contributed by atoms with Gasteiger partial charge in [0.1, 0.15) is 11.5 Å². The number of allylic oxidation sites excluding steroid dienone is 1. The Morgan fingerprint density at radius 2 is 1.28 bits per heavy atom. The predicted molar refractivity (Wildman–Crippen MR) is 208 cm³/mol. The SMILES string of the molecule is C=Cc1c(/C=C2\Cc3ccccc3O2)n(-c2ccccc2)c2ccc3c(c4ccccc4n3-c3ccc4c(c3)-c3cccc5cccc-4c35)c12. The molecule has 3 heteroatoms. The van der Waals surface area contributed by atoms with Gasteiger partial charge in [-0.05, 0) is 81.6 Å². The summed E-state index contributed by atoms with van der Waals surface area (Å²) in [6, 6.07) is 52.6. The van der Waals surface area contributed by atoms with E-state index in [1.54, 1.807) is 0 Å². The molecule has 2 aromatic heterocycles. The molecule has 0 amide bonds. The molecular formula is C47H30N2O. The summed E-state index contributed by atoms with van der Waals surface area (Å²) in [5.74, 6) is 1.86. The molecule has 0 N–H and O–H groups in total. The summed E-state index contributed by atoms with van der Waals surface area (Å²) in [7, 11) is 0. The zero-order chi connectivity index (χ0) is 32.9. The lowest BCUT2D eigenvalue weighted by Crippen LogP contribution is -1.99. The van der Waals surface area contributed by atoms with Crippen molar-refractivity contribution in [2.45, 2.75) is 6.42 Å². The minimum Gasteiger partial charge on any atom is -0.461 e. The van der Waals surface area contributed by atoms with Gasteiger partial charge in [0.05, 0.1) is 22.2 Å². The minimum atomic E-state index is 0.758. The molecule has 0 saturated heterocycles. The van der Waals surface area contributed by atoms with Gasteiger partial charge < -0.3 is 13.9 Å². The first kappa shape index (κ1) is 27.4. The number of aromatic nitrogens is 2. The van der Waals surface area contributed by atoms with Gasteiger partial charge in [-0.2, -0.15) is 0 Å². The van der Waals surface area contributed by atoms with E-state index in [1.807, 2.05) is 18.2 Å². The van der Waals surface area contributed by atoms with Crippen LogP contribution in [0.15, 0.2) is 158 Å². The lowest BCUT2D eigenvalue weighted by molar-refractivity contribution is 0.451. The van der Waals surface area contributed by atoms with Crippen molar-refractivity contribution in [2.24, 2.45) is 0 Å². The topological polar surface area (TPSA) is 19.1 Å². The summed E-state index contributed by atoms with van der Waals surface area (Å²) >= 11 is 0. The highest BCUT2D eigenvalue weighted by Gasteiger charge is 2.26. The molecule has 3 heterocycles. The number of hydrogen-bond acceptors (Lipinski definition) is 1. The molecule has 0 fully saturated rings. The van der Waals surface area contributed by atoms with Crippen LogP contribution in [0.2, 0.25) is 0 Å². The molecule has 0 radical (unpaired) electrons. The second-order valence-electron chi connectivity index (χ2n) is 13.3. The van der Waals surface area contributed by atoms with E-state index in [-0.39, 0.29) is 0 Å². The number of rotatable bonds is 4. The molecule has 3 nitrogen and oxygen atoms in total. The van der Waals surface area contributed by atoms with Crippen LogP contribution in [0.4, 0.5) is 0 Å². The molecule has 7 aromatic carbocycles. The van der Waals surface area contributed by atoms with Crippen LogP contribution in [0.25, 0.3) is 89.3 Å². The van der Waals surface area contributed by atoms with Crippen LogP contribution in [-0.2, 0) is 6.42 Å². The second-order valence-corrected chi connectivity index (χ2v) is 13.3. The van der Waals surface area contributed by atoms with Crippen molar-refractivity contribution in [1.82, 2.24) is 9.13 Å². The van der Waals surface area contributed by atoms with Gasteiger partial charge in [-0.15, -0.1) is 0 Å². The lowest BCUT2D eigenvalue weighted by Gasteiger charge is -2.12. The highest BCUT2D eigenvalue weighted by atomic mass is 16.5. The molecule has 11 rings (SSSR count). The molecule has 0 saturated carbocycles. The smallest absolute Gasteiger partial charge is 0.130 e. The average Bonchev–Trinajstić information content (AvgIpc) is 3.90. The maximum Gasteiger partial charge on any atom is 0.130 e. The van der Waals surface area contributed by atoms with Crippen LogP contribution in [0.1, 0.15) is 16.8 Å². The molecule has 0 atom stereocenters. The summed E-state index contributed by atoms with van der Waals surface area (Å²) in [4.78, 5) is 0. The zero-order valence-electron chi connectivity index (χ0n) is 27.2. The van der Waals surface area contributed by atoms with E-state index < -0.39 is 0 Å². The van der Waals surface area contributed by atoms with E-state index in [1.165, 1.54) is 65.8 Å². The van der Waals surface area contributed by atoms with Crippen LogP contribution < -0.4 is 4.74 Å². The van der Waals surface area contributed by atoms with Crippen molar-refractivity contribution < 1.29 is 4.74 Å². The van der Waals surface area contributed by atoms with Gasteiger partial charge >= 0.3 is 0 Å². The van der Waals surface area contributed by atoms with Gasteiger partial charge in [-0.25, -0.2) is 0 Å². The molecule has 9 aromatic rings. The van der Waals surface area contributed by atoms with E-state index in [4.69, 9.17) is 4.74 Å². The van der Waals surface area contributed by atoms with Crippen LogP contribution in [-0.4, -0.2) is 9.13 Å². The van der Waals surface area contributed by atoms with Crippen LogP contribution >= 0.6 is 0 Å². The van der Waals surface area contributed by atoms with Crippen molar-refractivity contribution in [3.63, 3.8) is 0 Å². The number of hydrogen-bond donors (Lipinski definition) is 0. The van der Waals surface area contributed by atoms with Crippen molar-refractivity contribution in [1.29, 1.82) is 0 Å². The van der Waals surface area contributed by atoms with Crippen LogP contribution in [0, 0.1) is 0 Å². The van der Waals surface area contributed by atoms with Gasteiger partial charge in [0, 0.05) is 51.2 Å². The van der Waals surface area contributed by atoms with Crippen molar-refractivity contribution >= 4 is 55.6 Å². The van der Waals surface area contributed by atoms with Gasteiger partial charge in [0.2, 0.25) is 0 Å². The van der Waals surface area contributed by atoms with Crippen molar-refractivity contribution in [2.75, 3.05) is 0 Å². The van der Waals surface area contributed by atoms with Gasteiger partial charge in [0.25, 0.3) is 0 Å². The zero-order valence-corrected chi connectivity index (χ0v) is 27.2. The lowest BCUT2D eigenvalue weighted by atomic mass is 10.0. The quantitative estimate of drug-likeness (QED) is 0.188. The standard InChI is InChI=1S/C47H30N2O/c1-2-34-43(28-33-26-30-12-6-9-21-44(30)50-33)48(31-15-4-3-5-16-31)41-24-25-42-47(46(34)41)38-17-7-8-20-40(38)49(42)32-22-23-35-36-18-10-13-29-14-11-19-37(45(29)36)39(35)27-32/h2-25,27-28H,1,26H2/b33-28+. The monoisotopic (exact) mass is 638 g/mol. The maximum atomic E-state index is 6.41. The first-order chi connectivity index (χ1) is 24.8. The van der Waals surface area contributed by atoms with E-state index >= 15 is 0 Å². The number of nitrogens with zero attached hydrogens (tertiary/aromatic N) is 2. The highest BCUT2D eigenvalue weighted by Crippen LogP contribution is 2.49. The molecule has 234 valence electrons. The van der Waals surface area contributed by atoms with E-state index in [0.29, 0.717) is 0 Å². The predicted octanol–water partition coefficient (Wildman–Crippen LogP) is 12.1. The molecule has 0 unspecified atom stereocenters. The molecule has 0 spiro atoms. The Morgan fingerprint density at radius 3 is 2.10 bits per heavy atom. The van der Waals surface area contributed by atoms with E-state index in [2.05, 4.69) is 155 Å². The molecule has 50 heavy (non-hydrogen) atoms. The Kier molecular flexibility index (Phi) is 5.59. The molecule has 2 aliphatic rings. The Morgan fingerprint density at radius 1 is 0.540 bits per heavy atom. The number of benzene rings is 7. The summed E-state index contributed by atoms with van der Waals surface area (Å²) in [5.41, 5.74) is 14.3. The fourth-order valence-corrected chi connectivity index (χ4v) is 8.64. The normalized spacial score (nSPS) is 13.8. The Balaban J connectivity index is 1.20. The minimum absolute atomic E-state index is 0.758. The second kappa shape index (κ2) is 10.2. The molecule has 1 aliphatic heterocycles. The van der Waals surface area contributed by atoms with Crippen molar-refractivity contribution in [3.05, 3.63) is 175 Å². The number of para-hydroxylation sites is 3. The largest absolute Gasteiger partial charge is 0.461 e. The van der Waals surface area contributed by atoms with Gasteiger partial charge in [-0.3, -0.25) is 0 Å². The third-order valence-corrected chi connectivity index (χ3v) is 10.7.